The molecule has 0 amide bonds. The molecule has 0 saturated carbocycles. The average Bonchev–Trinajstić information content (AvgIpc) is 2.46. The topological polar surface area (TPSA) is 12.0 Å². The van der Waals surface area contributed by atoms with E-state index in [1.165, 1.54) is 34.7 Å². The molecule has 0 unspecified atom stereocenters. The lowest BCUT2D eigenvalue weighted by Crippen LogP contribution is -2.30. The van der Waals surface area contributed by atoms with Crippen LogP contribution in [0.1, 0.15) is 44.7 Å². The number of rotatable bonds is 7. The van der Waals surface area contributed by atoms with Crippen LogP contribution in [-0.2, 0) is 6.42 Å². The summed E-state index contributed by atoms with van der Waals surface area (Å²) in [6.07, 6.45) is 3.59. The first-order chi connectivity index (χ1) is 10.0. The largest absolute Gasteiger partial charge is 0.316 e. The van der Waals surface area contributed by atoms with Gasteiger partial charge in [-0.15, -0.1) is 0 Å². The van der Waals surface area contributed by atoms with Crippen molar-refractivity contribution in [3.05, 3.63) is 47.5 Å². The highest BCUT2D eigenvalue weighted by atomic mass is 14.9. The zero-order chi connectivity index (χ0) is 15.3. The van der Waals surface area contributed by atoms with Crippen LogP contribution in [-0.4, -0.2) is 13.1 Å². The molecule has 2 rings (SSSR count). The molecule has 21 heavy (non-hydrogen) atoms. The minimum absolute atomic E-state index is 0.346. The van der Waals surface area contributed by atoms with Gasteiger partial charge in [-0.25, -0.2) is 0 Å². The number of benzene rings is 2. The van der Waals surface area contributed by atoms with Gasteiger partial charge in [-0.3, -0.25) is 0 Å². The third-order valence-electron chi connectivity index (χ3n) is 4.36. The molecule has 0 aliphatic heterocycles. The first-order valence-corrected chi connectivity index (χ1v) is 8.21. The molecule has 2 aromatic carbocycles. The first kappa shape index (κ1) is 16.0. The Morgan fingerprint density at radius 1 is 1.05 bits per heavy atom. The Hall–Kier alpha value is -1.34. The first-order valence-electron chi connectivity index (χ1n) is 8.21. The summed E-state index contributed by atoms with van der Waals surface area (Å²) in [4.78, 5) is 0. The molecule has 2 aromatic rings. The van der Waals surface area contributed by atoms with E-state index < -0.39 is 0 Å². The number of nitrogens with one attached hydrogen (secondary N) is 1. The second-order valence-corrected chi connectivity index (χ2v) is 6.92. The molecule has 0 saturated heterocycles. The minimum Gasteiger partial charge on any atom is -0.316 e. The smallest absolute Gasteiger partial charge is 0.000263 e. The van der Waals surface area contributed by atoms with Gasteiger partial charge in [0.05, 0.1) is 0 Å². The predicted molar refractivity (Wildman–Crippen MR) is 93.9 cm³/mol. The summed E-state index contributed by atoms with van der Waals surface area (Å²) in [5.74, 6) is 0. The molecule has 0 aliphatic carbocycles. The lowest BCUT2D eigenvalue weighted by Gasteiger charge is -2.26. The van der Waals surface area contributed by atoms with Gasteiger partial charge >= 0.3 is 0 Å². The molecule has 0 bridgehead atoms. The maximum absolute atomic E-state index is 3.56. The van der Waals surface area contributed by atoms with Crippen LogP contribution in [0.4, 0.5) is 0 Å². The molecular formula is C20H29N. The van der Waals surface area contributed by atoms with Gasteiger partial charge in [0.25, 0.3) is 0 Å². The predicted octanol–water partition coefficient (Wildman–Crippen LogP) is 5.11. The fourth-order valence-corrected chi connectivity index (χ4v) is 2.93. The standard InChI is InChI=1S/C20H29N/c1-5-14-21-15-20(3,4)13-12-18-16(2)10-11-17-8-6-7-9-19(17)18/h6-11,21H,5,12-15H2,1-4H3. The van der Waals surface area contributed by atoms with Crippen LogP contribution in [0.25, 0.3) is 10.8 Å². The van der Waals surface area contributed by atoms with E-state index >= 15 is 0 Å². The van der Waals surface area contributed by atoms with E-state index in [1.807, 2.05) is 0 Å². The van der Waals surface area contributed by atoms with Crippen LogP contribution in [0.5, 0.6) is 0 Å². The van der Waals surface area contributed by atoms with Gasteiger partial charge in [0.2, 0.25) is 0 Å². The monoisotopic (exact) mass is 283 g/mol. The molecule has 0 aromatic heterocycles. The van der Waals surface area contributed by atoms with E-state index in [9.17, 15) is 0 Å². The van der Waals surface area contributed by atoms with Crippen molar-refractivity contribution in [1.82, 2.24) is 5.32 Å². The van der Waals surface area contributed by atoms with Crippen LogP contribution in [0.3, 0.4) is 0 Å². The molecule has 0 radical (unpaired) electrons. The highest BCUT2D eigenvalue weighted by Gasteiger charge is 2.18. The lowest BCUT2D eigenvalue weighted by atomic mass is 9.84. The summed E-state index contributed by atoms with van der Waals surface area (Å²) in [6.45, 7) is 11.4. The Bertz CT molecular complexity index is 583. The van der Waals surface area contributed by atoms with Crippen molar-refractivity contribution < 1.29 is 0 Å². The second-order valence-electron chi connectivity index (χ2n) is 6.92. The summed E-state index contributed by atoms with van der Waals surface area (Å²) in [6, 6.07) is 13.3. The van der Waals surface area contributed by atoms with Crippen LogP contribution >= 0.6 is 0 Å². The highest BCUT2D eigenvalue weighted by Crippen LogP contribution is 2.28. The summed E-state index contributed by atoms with van der Waals surface area (Å²) < 4.78 is 0. The lowest BCUT2D eigenvalue weighted by molar-refractivity contribution is 0.315. The third-order valence-corrected chi connectivity index (χ3v) is 4.36. The summed E-state index contributed by atoms with van der Waals surface area (Å²) in [5, 5.41) is 6.35. The quantitative estimate of drug-likeness (QED) is 0.697. The van der Waals surface area contributed by atoms with E-state index in [1.54, 1.807) is 0 Å². The number of hydrogen-bond acceptors (Lipinski definition) is 1. The number of fused-ring (bicyclic) bond motifs is 1. The van der Waals surface area contributed by atoms with Crippen molar-refractivity contribution in [2.45, 2.75) is 47.0 Å². The van der Waals surface area contributed by atoms with Crippen molar-refractivity contribution >= 4 is 10.8 Å². The zero-order valence-electron chi connectivity index (χ0n) is 14.0. The fourth-order valence-electron chi connectivity index (χ4n) is 2.93. The van der Waals surface area contributed by atoms with Gasteiger partial charge in [0.1, 0.15) is 0 Å². The van der Waals surface area contributed by atoms with Gasteiger partial charge in [0, 0.05) is 6.54 Å². The van der Waals surface area contributed by atoms with E-state index in [2.05, 4.69) is 69.4 Å². The molecule has 114 valence electrons. The van der Waals surface area contributed by atoms with E-state index in [-0.39, 0.29) is 0 Å². The fraction of sp³-hybridized carbons (Fsp3) is 0.500. The molecule has 0 fully saturated rings. The minimum atomic E-state index is 0.346. The van der Waals surface area contributed by atoms with E-state index in [0.29, 0.717) is 5.41 Å². The van der Waals surface area contributed by atoms with E-state index in [4.69, 9.17) is 0 Å². The normalized spacial score (nSPS) is 12.0. The summed E-state index contributed by atoms with van der Waals surface area (Å²) in [7, 11) is 0. The van der Waals surface area contributed by atoms with Crippen molar-refractivity contribution in [2.24, 2.45) is 5.41 Å². The second kappa shape index (κ2) is 7.09. The Kier molecular flexibility index (Phi) is 5.41. The van der Waals surface area contributed by atoms with Gasteiger partial charge < -0.3 is 5.32 Å². The molecule has 1 nitrogen and oxygen atoms in total. The number of aryl methyl sites for hydroxylation is 2. The summed E-state index contributed by atoms with van der Waals surface area (Å²) in [5.41, 5.74) is 3.29. The van der Waals surface area contributed by atoms with Crippen LogP contribution in [0.15, 0.2) is 36.4 Å². The van der Waals surface area contributed by atoms with Gasteiger partial charge in [0.15, 0.2) is 0 Å². The highest BCUT2D eigenvalue weighted by molar-refractivity contribution is 5.86. The maximum atomic E-state index is 3.56. The molecule has 1 heteroatoms. The molecule has 0 spiro atoms. The Morgan fingerprint density at radius 3 is 2.57 bits per heavy atom. The van der Waals surface area contributed by atoms with Crippen LogP contribution in [0, 0.1) is 12.3 Å². The molecule has 0 atom stereocenters. The van der Waals surface area contributed by atoms with Gasteiger partial charge in [-0.05, 0) is 60.0 Å². The molecule has 0 aliphatic rings. The van der Waals surface area contributed by atoms with Crippen molar-refractivity contribution in [2.75, 3.05) is 13.1 Å². The summed E-state index contributed by atoms with van der Waals surface area (Å²) >= 11 is 0. The van der Waals surface area contributed by atoms with E-state index in [0.717, 1.165) is 19.5 Å². The van der Waals surface area contributed by atoms with Crippen molar-refractivity contribution in [3.8, 4) is 0 Å². The average molecular weight is 283 g/mol. The Labute approximate surface area is 129 Å². The Balaban J connectivity index is 2.11. The zero-order valence-corrected chi connectivity index (χ0v) is 14.0. The molecule has 0 heterocycles. The molecule has 1 N–H and O–H groups in total. The van der Waals surface area contributed by atoms with Crippen LogP contribution in [0.2, 0.25) is 0 Å². The van der Waals surface area contributed by atoms with Gasteiger partial charge in [-0.2, -0.15) is 0 Å². The maximum Gasteiger partial charge on any atom is 0.000263 e. The van der Waals surface area contributed by atoms with Gasteiger partial charge in [-0.1, -0.05) is 57.2 Å². The number of hydrogen-bond donors (Lipinski definition) is 1. The SMILES string of the molecule is CCCNCC(C)(C)CCc1c(C)ccc2ccccc12. The molecular weight excluding hydrogens is 254 g/mol. The third kappa shape index (κ3) is 4.31. The Morgan fingerprint density at radius 2 is 1.81 bits per heavy atom. The van der Waals surface area contributed by atoms with Crippen molar-refractivity contribution in [3.63, 3.8) is 0 Å². The van der Waals surface area contributed by atoms with Crippen LogP contribution < -0.4 is 5.32 Å². The van der Waals surface area contributed by atoms with Crippen molar-refractivity contribution in [1.29, 1.82) is 0 Å².